The van der Waals surface area contributed by atoms with E-state index in [4.69, 9.17) is 4.74 Å². The first-order valence-corrected chi connectivity index (χ1v) is 16.7. The molecule has 4 rings (SSSR count). The summed E-state index contributed by atoms with van der Waals surface area (Å²) in [4.78, 5) is 48.6. The van der Waals surface area contributed by atoms with E-state index >= 15 is 0 Å². The van der Waals surface area contributed by atoms with Gasteiger partial charge in [0.1, 0.15) is 11.6 Å². The molecule has 0 radical (unpaired) electrons. The molecule has 1 aromatic rings. The van der Waals surface area contributed by atoms with E-state index in [9.17, 15) is 19.5 Å². The van der Waals surface area contributed by atoms with Crippen molar-refractivity contribution < 1.29 is 24.2 Å². The monoisotopic (exact) mass is 657 g/mol. The van der Waals surface area contributed by atoms with Gasteiger partial charge in [0.15, 0.2) is 0 Å². The van der Waals surface area contributed by atoms with Crippen molar-refractivity contribution in [3.05, 3.63) is 61.2 Å². The van der Waals surface area contributed by atoms with Crippen LogP contribution in [0.3, 0.4) is 0 Å². The number of hydrogen-bond acceptors (Lipinski definition) is 5. The Morgan fingerprint density at radius 3 is 2.42 bits per heavy atom. The summed E-state index contributed by atoms with van der Waals surface area (Å²) < 4.78 is 6.77. The van der Waals surface area contributed by atoms with Crippen molar-refractivity contribution in [1.29, 1.82) is 0 Å². The Hall–Kier alpha value is -2.49. The van der Waals surface area contributed by atoms with Crippen LogP contribution in [0.5, 0.6) is 0 Å². The number of hydrogen-bond donors (Lipinski definition) is 1. The van der Waals surface area contributed by atoms with E-state index in [1.807, 2.05) is 44.2 Å². The van der Waals surface area contributed by atoms with Gasteiger partial charge in [-0.05, 0) is 24.3 Å². The van der Waals surface area contributed by atoms with Crippen molar-refractivity contribution in [2.24, 2.45) is 17.8 Å². The van der Waals surface area contributed by atoms with Crippen LogP contribution in [0.2, 0.25) is 0 Å². The molecule has 3 aliphatic heterocycles. The number of carbonyl (C=O) groups is 3. The predicted octanol–water partition coefficient (Wildman–Crippen LogP) is 4.56. The van der Waals surface area contributed by atoms with Crippen LogP contribution < -0.4 is 0 Å². The zero-order valence-electron chi connectivity index (χ0n) is 25.9. The number of benzene rings is 1. The second kappa shape index (κ2) is 14.5. The highest BCUT2D eigenvalue weighted by Crippen LogP contribution is 2.61. The van der Waals surface area contributed by atoms with Crippen LogP contribution in [0, 0.1) is 17.8 Å². The van der Waals surface area contributed by atoms with Crippen LogP contribution in [-0.4, -0.2) is 92.4 Å². The van der Waals surface area contributed by atoms with Gasteiger partial charge in [-0.25, -0.2) is 0 Å². The molecule has 0 aromatic heterocycles. The van der Waals surface area contributed by atoms with Gasteiger partial charge in [-0.3, -0.25) is 14.4 Å². The number of aliphatic hydroxyl groups is 1. The van der Waals surface area contributed by atoms with E-state index < -0.39 is 35.6 Å². The Balaban J connectivity index is 1.78. The van der Waals surface area contributed by atoms with Gasteiger partial charge in [-0.1, -0.05) is 98.4 Å². The predicted molar refractivity (Wildman–Crippen MR) is 171 cm³/mol. The van der Waals surface area contributed by atoms with Crippen molar-refractivity contribution in [2.75, 3.05) is 26.2 Å². The molecule has 3 heterocycles. The van der Waals surface area contributed by atoms with E-state index in [1.165, 1.54) is 0 Å². The molecular weight excluding hydrogens is 610 g/mol. The van der Waals surface area contributed by atoms with Crippen LogP contribution in [0.4, 0.5) is 0 Å². The average Bonchev–Trinajstić information content (AvgIpc) is 3.60. The van der Waals surface area contributed by atoms with Gasteiger partial charge in [-0.15, -0.1) is 13.2 Å². The molecule has 3 unspecified atom stereocenters. The third-order valence-corrected chi connectivity index (χ3v) is 10.5. The Bertz CT molecular complexity index is 1160. The van der Waals surface area contributed by atoms with Crippen LogP contribution >= 0.6 is 15.9 Å². The van der Waals surface area contributed by atoms with Gasteiger partial charge < -0.3 is 24.5 Å². The van der Waals surface area contributed by atoms with E-state index in [0.29, 0.717) is 32.6 Å². The Labute approximate surface area is 265 Å². The molecule has 9 heteroatoms. The van der Waals surface area contributed by atoms with Crippen molar-refractivity contribution in [3.8, 4) is 0 Å². The van der Waals surface area contributed by atoms with Crippen LogP contribution in [0.25, 0.3) is 0 Å². The molecule has 8 nitrogen and oxygen atoms in total. The van der Waals surface area contributed by atoms with Gasteiger partial charge in [0, 0.05) is 31.0 Å². The molecule has 3 aliphatic rings. The number of rotatable bonds is 16. The summed E-state index contributed by atoms with van der Waals surface area (Å²) in [7, 11) is 0. The molecule has 1 aromatic carbocycles. The lowest BCUT2D eigenvalue weighted by Gasteiger charge is -2.41. The first-order chi connectivity index (χ1) is 20.7. The van der Waals surface area contributed by atoms with Gasteiger partial charge in [0.25, 0.3) is 0 Å². The van der Waals surface area contributed by atoms with Gasteiger partial charge >= 0.3 is 0 Å². The van der Waals surface area contributed by atoms with Crippen LogP contribution in [-0.2, 0) is 25.7 Å². The number of likely N-dealkylation sites (tertiary alicyclic amines) is 1. The fourth-order valence-corrected chi connectivity index (χ4v) is 8.32. The number of fused-ring (bicyclic) bond motifs is 1. The van der Waals surface area contributed by atoms with E-state index in [2.05, 4.69) is 36.0 Å². The van der Waals surface area contributed by atoms with Gasteiger partial charge in [0.2, 0.25) is 17.7 Å². The summed E-state index contributed by atoms with van der Waals surface area (Å²) in [5, 5.41) is 10.6. The Morgan fingerprint density at radius 1 is 1.14 bits per heavy atom. The fourth-order valence-electron chi connectivity index (χ4n) is 7.38. The van der Waals surface area contributed by atoms with Gasteiger partial charge in [0.05, 0.1) is 30.6 Å². The summed E-state index contributed by atoms with van der Waals surface area (Å²) >= 11 is 3.79. The quantitative estimate of drug-likeness (QED) is 0.160. The number of ether oxygens (including phenoxy) is 1. The zero-order chi connectivity index (χ0) is 31.3. The summed E-state index contributed by atoms with van der Waals surface area (Å²) in [6.45, 7) is 15.2. The SMILES string of the molecule is C=CCN(CCCCC)C(=O)C1N([C@@H](CO)[C@@H](C)CC)C(=O)[C@@H]2[C@H](C(=O)N(CC=C)Cc3ccccc3)[C@H]3OC12CC3Br. The molecule has 2 bridgehead atoms. The van der Waals surface area contributed by atoms with Crippen molar-refractivity contribution in [2.45, 2.75) is 88.0 Å². The second-order valence-corrected chi connectivity index (χ2v) is 13.5. The van der Waals surface area contributed by atoms with E-state index in [-0.39, 0.29) is 35.1 Å². The highest BCUT2D eigenvalue weighted by molar-refractivity contribution is 9.09. The molecule has 3 amide bonds. The minimum absolute atomic E-state index is 0.0612. The number of carbonyl (C=O) groups excluding carboxylic acids is 3. The van der Waals surface area contributed by atoms with Crippen molar-refractivity contribution in [1.82, 2.24) is 14.7 Å². The van der Waals surface area contributed by atoms with Crippen molar-refractivity contribution in [3.63, 3.8) is 0 Å². The third kappa shape index (κ3) is 6.22. The molecule has 3 saturated heterocycles. The number of alkyl halides is 1. The normalized spacial score (nSPS) is 28.8. The van der Waals surface area contributed by atoms with Crippen molar-refractivity contribution >= 4 is 33.7 Å². The minimum Gasteiger partial charge on any atom is -0.394 e. The maximum absolute atomic E-state index is 14.6. The number of amides is 3. The standard InChI is InChI=1S/C34H48BrN3O5/c1-6-10-14-19-36(17-7-2)33(42)30-34-20-25(35)29(43-34)27(28(34)32(41)38(30)26(22-39)23(5)9-4)31(40)37(18-8-3)21-24-15-12-11-13-16-24/h7-8,11-13,15-16,23,25-30,39H,2-3,6,9-10,14,17-22H2,1,4-5H3/t23-,25?,26-,27-,28-,29-,30?,34?/m0/s1. The molecule has 236 valence electrons. The lowest BCUT2D eigenvalue weighted by Crippen LogP contribution is -2.60. The zero-order valence-corrected chi connectivity index (χ0v) is 27.5. The fraction of sp³-hybridized carbons (Fsp3) is 0.618. The molecule has 0 aliphatic carbocycles. The molecule has 3 fully saturated rings. The minimum atomic E-state index is -1.18. The summed E-state index contributed by atoms with van der Waals surface area (Å²) in [6.07, 6.45) is 6.84. The smallest absolute Gasteiger partial charge is 0.248 e. The summed E-state index contributed by atoms with van der Waals surface area (Å²) in [5.74, 6) is -2.30. The van der Waals surface area contributed by atoms with E-state index in [1.54, 1.807) is 26.9 Å². The topological polar surface area (TPSA) is 90.4 Å². The maximum Gasteiger partial charge on any atom is 0.248 e. The largest absolute Gasteiger partial charge is 0.394 e. The van der Waals surface area contributed by atoms with Crippen LogP contribution in [0.1, 0.15) is 58.4 Å². The summed E-state index contributed by atoms with van der Waals surface area (Å²) in [5.41, 5.74) is -0.200. The van der Waals surface area contributed by atoms with Crippen LogP contribution in [0.15, 0.2) is 55.6 Å². The Kier molecular flexibility index (Phi) is 11.3. The molecule has 0 saturated carbocycles. The lowest BCUT2D eigenvalue weighted by atomic mass is 9.70. The molecule has 43 heavy (non-hydrogen) atoms. The number of nitrogens with zero attached hydrogens (tertiary/aromatic N) is 3. The lowest BCUT2D eigenvalue weighted by molar-refractivity contribution is -0.153. The first kappa shape index (κ1) is 33.4. The number of unbranched alkanes of at least 4 members (excludes halogenated alkanes) is 2. The third-order valence-electron chi connectivity index (χ3n) is 9.66. The van der Waals surface area contributed by atoms with Gasteiger partial charge in [-0.2, -0.15) is 0 Å². The maximum atomic E-state index is 14.6. The first-order valence-electron chi connectivity index (χ1n) is 15.8. The second-order valence-electron chi connectivity index (χ2n) is 12.3. The number of halogens is 1. The molecular formula is C34H48BrN3O5. The average molecular weight is 659 g/mol. The molecule has 1 N–H and O–H groups in total. The highest BCUT2D eigenvalue weighted by Gasteiger charge is 2.77. The Morgan fingerprint density at radius 2 is 1.81 bits per heavy atom. The highest BCUT2D eigenvalue weighted by atomic mass is 79.9. The molecule has 8 atom stereocenters. The van der Waals surface area contributed by atoms with E-state index in [0.717, 1.165) is 31.2 Å². The summed E-state index contributed by atoms with van der Waals surface area (Å²) in [6, 6.07) is 8.22. The number of aliphatic hydroxyl groups excluding tert-OH is 1. The molecule has 1 spiro atoms.